The number of amides is 2. The molecule has 1 aromatic heterocycles. The van der Waals surface area contributed by atoms with Crippen LogP contribution in [0, 0.1) is 5.41 Å². The van der Waals surface area contributed by atoms with Crippen LogP contribution >= 0.6 is 0 Å². The first-order chi connectivity index (χ1) is 13.0. The van der Waals surface area contributed by atoms with Gasteiger partial charge in [-0.2, -0.15) is 5.10 Å². The molecule has 2 fully saturated rings. The van der Waals surface area contributed by atoms with Gasteiger partial charge < -0.3 is 15.3 Å². The highest BCUT2D eigenvalue weighted by Crippen LogP contribution is 2.37. The van der Waals surface area contributed by atoms with Gasteiger partial charge in [0.25, 0.3) is 5.56 Å². The summed E-state index contributed by atoms with van der Waals surface area (Å²) in [5.41, 5.74) is -1.27. The highest BCUT2D eigenvalue weighted by molar-refractivity contribution is 5.86. The van der Waals surface area contributed by atoms with Crippen LogP contribution in [-0.4, -0.2) is 57.3 Å². The van der Waals surface area contributed by atoms with E-state index in [1.165, 1.54) is 0 Å². The maximum atomic E-state index is 12.8. The summed E-state index contributed by atoms with van der Waals surface area (Å²) >= 11 is 0. The minimum Gasteiger partial charge on any atom is -0.392 e. The van der Waals surface area contributed by atoms with Crippen molar-refractivity contribution in [3.63, 3.8) is 0 Å². The number of rotatable bonds is 2. The van der Waals surface area contributed by atoms with Gasteiger partial charge in [0, 0.05) is 25.0 Å². The van der Waals surface area contributed by atoms with Crippen LogP contribution in [0.2, 0.25) is 0 Å². The number of carbonyl (C=O) groups is 2. The molecular formula is C19H22N4O4. The molecule has 0 radical (unpaired) electrons. The summed E-state index contributed by atoms with van der Waals surface area (Å²) in [7, 11) is 0. The third-order valence-corrected chi connectivity index (χ3v) is 5.72. The molecule has 1 aromatic carbocycles. The van der Waals surface area contributed by atoms with Crippen molar-refractivity contribution in [2.24, 2.45) is 5.41 Å². The van der Waals surface area contributed by atoms with Gasteiger partial charge >= 0.3 is 0 Å². The molecule has 2 amide bonds. The van der Waals surface area contributed by atoms with Crippen LogP contribution in [0.1, 0.15) is 19.3 Å². The van der Waals surface area contributed by atoms with Gasteiger partial charge in [-0.3, -0.25) is 14.4 Å². The maximum absolute atomic E-state index is 12.8. The van der Waals surface area contributed by atoms with Crippen LogP contribution in [0.25, 0.3) is 10.8 Å². The first kappa shape index (κ1) is 17.7. The van der Waals surface area contributed by atoms with Gasteiger partial charge in [-0.15, -0.1) is 0 Å². The SMILES string of the molecule is O=C(Cn1ncc2ccccc2c1=O)N1CC[C@H](O)[C@@]2(CCCNC2=O)C1. The zero-order valence-electron chi connectivity index (χ0n) is 14.9. The zero-order valence-corrected chi connectivity index (χ0v) is 14.9. The minimum absolute atomic E-state index is 0.168. The summed E-state index contributed by atoms with van der Waals surface area (Å²) in [5, 5.41) is 18.6. The van der Waals surface area contributed by atoms with E-state index in [0.717, 1.165) is 16.5 Å². The van der Waals surface area contributed by atoms with E-state index in [2.05, 4.69) is 10.4 Å². The first-order valence-electron chi connectivity index (χ1n) is 9.20. The lowest BCUT2D eigenvalue weighted by molar-refractivity contribution is -0.155. The van der Waals surface area contributed by atoms with Crippen LogP contribution in [-0.2, 0) is 16.1 Å². The predicted molar refractivity (Wildman–Crippen MR) is 97.9 cm³/mol. The maximum Gasteiger partial charge on any atom is 0.275 e. The molecule has 2 N–H and O–H groups in total. The number of aliphatic hydroxyl groups excluding tert-OH is 1. The topological polar surface area (TPSA) is 105 Å². The fraction of sp³-hybridized carbons (Fsp3) is 0.474. The molecule has 27 heavy (non-hydrogen) atoms. The molecule has 2 aromatic rings. The van der Waals surface area contributed by atoms with Crippen molar-refractivity contribution in [1.82, 2.24) is 20.0 Å². The molecule has 0 saturated carbocycles. The van der Waals surface area contributed by atoms with E-state index < -0.39 is 11.5 Å². The normalized spacial score (nSPS) is 25.6. The molecule has 3 heterocycles. The van der Waals surface area contributed by atoms with Crippen molar-refractivity contribution in [1.29, 1.82) is 0 Å². The lowest BCUT2D eigenvalue weighted by Gasteiger charge is -2.46. The third-order valence-electron chi connectivity index (χ3n) is 5.72. The van der Waals surface area contributed by atoms with E-state index in [1.807, 2.05) is 6.07 Å². The molecule has 2 aliphatic heterocycles. The zero-order chi connectivity index (χ0) is 19.0. The molecule has 2 saturated heterocycles. The van der Waals surface area contributed by atoms with Crippen LogP contribution < -0.4 is 10.9 Å². The molecule has 8 heteroatoms. The summed E-state index contributed by atoms with van der Waals surface area (Å²) in [6.07, 6.45) is 2.48. The van der Waals surface area contributed by atoms with E-state index in [1.54, 1.807) is 29.3 Å². The summed E-state index contributed by atoms with van der Waals surface area (Å²) in [6.45, 7) is 0.938. The number of likely N-dealkylation sites (tertiary alicyclic amines) is 1. The van der Waals surface area contributed by atoms with E-state index >= 15 is 0 Å². The Morgan fingerprint density at radius 2 is 2.15 bits per heavy atom. The van der Waals surface area contributed by atoms with Crippen LogP contribution in [0.15, 0.2) is 35.3 Å². The Balaban J connectivity index is 1.56. The number of fused-ring (bicyclic) bond motifs is 1. The van der Waals surface area contributed by atoms with Crippen LogP contribution in [0.4, 0.5) is 0 Å². The van der Waals surface area contributed by atoms with Crippen molar-refractivity contribution < 1.29 is 14.7 Å². The highest BCUT2D eigenvalue weighted by atomic mass is 16.3. The largest absolute Gasteiger partial charge is 0.392 e. The van der Waals surface area contributed by atoms with Crippen molar-refractivity contribution in [2.75, 3.05) is 19.6 Å². The molecule has 8 nitrogen and oxygen atoms in total. The quantitative estimate of drug-likeness (QED) is 0.767. The Bertz CT molecular complexity index is 956. The second-order valence-corrected chi connectivity index (χ2v) is 7.33. The van der Waals surface area contributed by atoms with Gasteiger partial charge in [-0.25, -0.2) is 4.68 Å². The Kier molecular flexibility index (Phi) is 4.43. The number of piperidine rings is 2. The Morgan fingerprint density at radius 3 is 2.96 bits per heavy atom. The number of nitrogens with one attached hydrogen (secondary N) is 1. The van der Waals surface area contributed by atoms with Gasteiger partial charge in [0.05, 0.1) is 23.1 Å². The van der Waals surface area contributed by atoms with Gasteiger partial charge in [0.1, 0.15) is 6.54 Å². The average molecular weight is 370 g/mol. The van der Waals surface area contributed by atoms with Gasteiger partial charge in [0.2, 0.25) is 11.8 Å². The number of nitrogens with zero attached hydrogens (tertiary/aromatic N) is 3. The molecule has 1 spiro atoms. The number of carbonyl (C=O) groups excluding carboxylic acids is 2. The first-order valence-corrected chi connectivity index (χ1v) is 9.20. The lowest BCUT2D eigenvalue weighted by atomic mass is 9.71. The van der Waals surface area contributed by atoms with Crippen molar-refractivity contribution in [3.8, 4) is 0 Å². The second kappa shape index (κ2) is 6.77. The third kappa shape index (κ3) is 2.99. The van der Waals surface area contributed by atoms with E-state index in [9.17, 15) is 19.5 Å². The summed E-state index contributed by atoms with van der Waals surface area (Å²) in [4.78, 5) is 39.4. The molecule has 0 bridgehead atoms. The number of hydrogen-bond donors (Lipinski definition) is 2. The number of aromatic nitrogens is 2. The molecule has 4 rings (SSSR count). The summed E-state index contributed by atoms with van der Waals surface area (Å²) in [6, 6.07) is 7.10. The smallest absolute Gasteiger partial charge is 0.275 e. The van der Waals surface area contributed by atoms with Crippen molar-refractivity contribution in [3.05, 3.63) is 40.8 Å². The fourth-order valence-electron chi connectivity index (χ4n) is 4.12. The lowest BCUT2D eigenvalue weighted by Crippen LogP contribution is -2.62. The fourth-order valence-corrected chi connectivity index (χ4v) is 4.12. The molecule has 0 unspecified atom stereocenters. The highest BCUT2D eigenvalue weighted by Gasteiger charge is 2.50. The van der Waals surface area contributed by atoms with Crippen molar-refractivity contribution in [2.45, 2.75) is 31.9 Å². The van der Waals surface area contributed by atoms with Crippen LogP contribution in [0.3, 0.4) is 0 Å². The van der Waals surface area contributed by atoms with E-state index in [-0.39, 0.29) is 30.5 Å². The van der Waals surface area contributed by atoms with Gasteiger partial charge in [-0.1, -0.05) is 18.2 Å². The van der Waals surface area contributed by atoms with Crippen molar-refractivity contribution >= 4 is 22.6 Å². The standard InChI is InChI=1S/C19H22N4O4/c24-15-6-9-22(12-19(15)7-3-8-20-18(19)27)16(25)11-23-17(26)14-5-2-1-4-13(14)10-21-23/h1-2,4-5,10,15,24H,3,6-9,11-12H2,(H,20,27)/t15-,19+/m0/s1. The van der Waals surface area contributed by atoms with Gasteiger partial charge in [0.15, 0.2) is 0 Å². The van der Waals surface area contributed by atoms with E-state index in [4.69, 9.17) is 0 Å². The number of aliphatic hydroxyl groups is 1. The molecule has 142 valence electrons. The van der Waals surface area contributed by atoms with Crippen LogP contribution in [0.5, 0.6) is 0 Å². The average Bonchev–Trinajstić information content (AvgIpc) is 2.68. The number of hydrogen-bond acceptors (Lipinski definition) is 5. The molecular weight excluding hydrogens is 348 g/mol. The second-order valence-electron chi connectivity index (χ2n) is 7.33. The molecule has 0 aliphatic carbocycles. The Hall–Kier alpha value is -2.74. The minimum atomic E-state index is -0.950. The summed E-state index contributed by atoms with van der Waals surface area (Å²) < 4.78 is 1.16. The molecule has 2 atom stereocenters. The Labute approximate surface area is 155 Å². The predicted octanol–water partition coefficient (Wildman–Crippen LogP) is -0.114. The summed E-state index contributed by atoms with van der Waals surface area (Å²) in [5.74, 6) is -0.468. The molecule has 2 aliphatic rings. The van der Waals surface area contributed by atoms with Gasteiger partial charge in [-0.05, 0) is 25.3 Å². The Morgan fingerprint density at radius 1 is 1.33 bits per heavy atom. The monoisotopic (exact) mass is 370 g/mol. The number of benzene rings is 1. The van der Waals surface area contributed by atoms with E-state index in [0.29, 0.717) is 31.3 Å².